The van der Waals surface area contributed by atoms with Crippen LogP contribution in [-0.2, 0) is 24.0 Å². The number of fused-ring (bicyclic) bond motifs is 4. The summed E-state index contributed by atoms with van der Waals surface area (Å²) in [4.78, 5) is 91.1. The second-order valence-electron chi connectivity index (χ2n) is 15.1. The predicted octanol–water partition coefficient (Wildman–Crippen LogP) is 0.730. The van der Waals surface area contributed by atoms with Gasteiger partial charge >= 0.3 is 11.9 Å². The minimum Gasteiger partial charge on any atom is -0.504 e. The number of aromatic nitrogens is 2. The third kappa shape index (κ3) is 6.68. The fourth-order valence-electron chi connectivity index (χ4n) is 7.86. The first-order valence-corrected chi connectivity index (χ1v) is 19.3. The smallest absolute Gasteiger partial charge is 0.352 e. The molecule has 9 N–H and O–H groups in total. The Balaban J connectivity index is 1.05. The summed E-state index contributed by atoms with van der Waals surface area (Å²) in [6, 6.07) is 1.17. The highest BCUT2D eigenvalue weighted by molar-refractivity contribution is 8.00. The number of aliphatic carboxylic acids is 2. The van der Waals surface area contributed by atoms with Gasteiger partial charge in [-0.15, -0.1) is 23.1 Å². The summed E-state index contributed by atoms with van der Waals surface area (Å²) in [5.74, 6) is -5.63. The van der Waals surface area contributed by atoms with Crippen LogP contribution < -0.4 is 21.8 Å². The van der Waals surface area contributed by atoms with Crippen LogP contribution in [0.25, 0.3) is 10.9 Å². The van der Waals surface area contributed by atoms with Gasteiger partial charge in [-0.2, -0.15) is 0 Å². The van der Waals surface area contributed by atoms with Crippen LogP contribution in [-0.4, -0.2) is 130 Å². The fraction of sp³-hybridized carbons (Fsp3) is 0.429. The van der Waals surface area contributed by atoms with E-state index in [0.717, 1.165) is 30.2 Å². The van der Waals surface area contributed by atoms with Crippen LogP contribution >= 0.6 is 23.1 Å². The summed E-state index contributed by atoms with van der Waals surface area (Å²) < 4.78 is 0.558. The topological polar surface area (TPSA) is 287 Å². The molecule has 4 aliphatic rings. The summed E-state index contributed by atoms with van der Waals surface area (Å²) in [7, 11) is 0. The van der Waals surface area contributed by atoms with Gasteiger partial charge in [0.25, 0.3) is 17.7 Å². The number of benzene rings is 1. The van der Waals surface area contributed by atoms with Crippen molar-refractivity contribution >= 4 is 74.5 Å². The number of thioether (sulfide) groups is 1. The highest BCUT2D eigenvalue weighted by Gasteiger charge is 2.59. The van der Waals surface area contributed by atoms with Crippen LogP contribution in [0.4, 0.5) is 5.13 Å². The van der Waals surface area contributed by atoms with Gasteiger partial charge in [-0.25, -0.2) is 14.6 Å². The number of quaternary nitrogens is 1. The van der Waals surface area contributed by atoms with E-state index < -0.39 is 69.3 Å². The Kier molecular flexibility index (Phi) is 9.52. The maximum atomic E-state index is 13.6. The predicted molar refractivity (Wildman–Crippen MR) is 202 cm³/mol. The number of anilines is 1. The van der Waals surface area contributed by atoms with E-state index in [9.17, 15) is 49.2 Å². The zero-order valence-electron chi connectivity index (χ0n) is 30.3. The van der Waals surface area contributed by atoms with Gasteiger partial charge in [0.15, 0.2) is 22.3 Å². The molecule has 3 unspecified atom stereocenters. The molecule has 21 heteroatoms. The number of rotatable bonds is 12. The number of phenolic OH excluding ortho intramolecular Hbond substituents is 2. The van der Waals surface area contributed by atoms with Gasteiger partial charge in [0.2, 0.25) is 11.0 Å². The van der Waals surface area contributed by atoms with Gasteiger partial charge in [0, 0.05) is 53.3 Å². The molecule has 6 heterocycles. The fourth-order valence-corrected chi connectivity index (χ4v) is 9.85. The number of phenols is 2. The molecule has 2 aromatic heterocycles. The lowest BCUT2D eigenvalue weighted by Crippen LogP contribution is -2.71. The number of hydrogen-bond donors (Lipinski definition) is 8. The number of nitrogen functional groups attached to an aromatic ring is 1. The molecule has 3 aromatic rings. The van der Waals surface area contributed by atoms with Crippen molar-refractivity contribution in [2.24, 2.45) is 10.6 Å². The Morgan fingerprint density at radius 1 is 1.16 bits per heavy atom. The van der Waals surface area contributed by atoms with E-state index in [0.29, 0.717) is 36.2 Å². The standard InChI is InChI=1S/C35H38N8O11S2/c1-15-18(11-43-6-4-35(14-43,5-7-43)13-38-27(47)17-10-37-19-9-22(45)21(44)8-16(19)26(17)46)25(31(50)51)42-29(49)24(30(42)56-15)40-28(48)23(20-12-55-33(36)39-20)41-54-34(2,3)32(52)53/h8-10,12,15,24,30H,4-7,11,13-14H2,1-3H3,(H8-,36,37,38,39,40,41,44,45,46,47,48,50,51,52,53)/p+1. The average molecular weight is 812 g/mol. The number of nitrogens with zero attached hydrogens (tertiary/aromatic N) is 4. The van der Waals surface area contributed by atoms with Crippen LogP contribution in [0.2, 0.25) is 0 Å². The summed E-state index contributed by atoms with van der Waals surface area (Å²) >= 11 is 2.34. The van der Waals surface area contributed by atoms with E-state index in [2.05, 4.69) is 25.8 Å². The minimum absolute atomic E-state index is 0.000858. The van der Waals surface area contributed by atoms with Crippen LogP contribution in [0, 0.1) is 5.41 Å². The van der Waals surface area contributed by atoms with E-state index in [1.165, 1.54) is 48.2 Å². The lowest BCUT2D eigenvalue weighted by Gasteiger charge is -2.51. The first-order valence-electron chi connectivity index (χ1n) is 17.5. The number of aromatic amines is 1. The number of carbonyl (C=O) groups excluding carboxylic acids is 3. The molecule has 3 amide bonds. The number of thiazole rings is 1. The number of carboxylic acids is 2. The maximum absolute atomic E-state index is 13.6. The van der Waals surface area contributed by atoms with Crippen LogP contribution in [0.15, 0.2) is 44.9 Å². The van der Waals surface area contributed by atoms with Gasteiger partial charge in [-0.1, -0.05) is 5.16 Å². The Morgan fingerprint density at radius 3 is 2.50 bits per heavy atom. The Morgan fingerprint density at radius 2 is 1.86 bits per heavy atom. The van der Waals surface area contributed by atoms with Crippen molar-refractivity contribution in [3.05, 3.63) is 56.5 Å². The van der Waals surface area contributed by atoms with Crippen molar-refractivity contribution in [2.75, 3.05) is 38.5 Å². The molecule has 3 atom stereocenters. The number of pyridine rings is 1. The number of hydrogen-bond acceptors (Lipinski definition) is 14. The first-order chi connectivity index (χ1) is 26.3. The molecule has 0 aliphatic carbocycles. The van der Waals surface area contributed by atoms with E-state index >= 15 is 0 Å². The largest absolute Gasteiger partial charge is 0.504 e. The van der Waals surface area contributed by atoms with Crippen molar-refractivity contribution in [3.8, 4) is 11.5 Å². The number of piperidine rings is 1. The lowest BCUT2D eigenvalue weighted by atomic mass is 9.84. The van der Waals surface area contributed by atoms with E-state index in [1.807, 2.05) is 6.92 Å². The third-order valence-electron chi connectivity index (χ3n) is 11.0. The van der Waals surface area contributed by atoms with Crippen LogP contribution in [0.1, 0.15) is 49.7 Å². The second-order valence-corrected chi connectivity index (χ2v) is 17.5. The highest BCUT2D eigenvalue weighted by atomic mass is 32.2. The minimum atomic E-state index is -1.80. The maximum Gasteiger partial charge on any atom is 0.352 e. The molecular formula is C35H39N8O11S2+. The van der Waals surface area contributed by atoms with Gasteiger partial charge in [-0.05, 0) is 26.8 Å². The normalized spacial score (nSPS) is 25.8. The molecule has 4 aliphatic heterocycles. The van der Waals surface area contributed by atoms with Crippen LogP contribution in [0.5, 0.6) is 11.5 Å². The number of oxime groups is 1. The molecule has 0 spiro atoms. The van der Waals surface area contributed by atoms with Crippen molar-refractivity contribution in [3.63, 3.8) is 0 Å². The molecule has 19 nitrogen and oxygen atoms in total. The van der Waals surface area contributed by atoms with Crippen molar-refractivity contribution in [1.29, 1.82) is 0 Å². The average Bonchev–Trinajstić information content (AvgIpc) is 3.84. The number of carbonyl (C=O) groups is 5. The molecule has 56 heavy (non-hydrogen) atoms. The number of nitrogens with one attached hydrogen (secondary N) is 3. The van der Waals surface area contributed by atoms with Gasteiger partial charge in [-0.3, -0.25) is 24.1 Å². The monoisotopic (exact) mass is 811 g/mol. The van der Waals surface area contributed by atoms with Gasteiger partial charge in [0.05, 0.1) is 30.5 Å². The zero-order valence-corrected chi connectivity index (χ0v) is 32.0. The van der Waals surface area contributed by atoms with Gasteiger partial charge in [0.1, 0.15) is 34.9 Å². The number of H-pyrrole nitrogens is 1. The number of aromatic hydroxyl groups is 2. The SMILES string of the molecule is CC1SC2C(NC(=O)C(=NOC(C)(C)C(=O)O)c3csc(N)n3)C(=O)N2C(C(=O)O)=C1C[N+]12CCC(CNC(=O)c3c[nH]c4cc(O)c(O)cc4c3=O)(CC1)C2. The molecule has 0 radical (unpaired) electrons. The van der Waals surface area contributed by atoms with E-state index in [-0.39, 0.29) is 50.2 Å². The quantitative estimate of drug-likeness (QED) is 0.0412. The van der Waals surface area contributed by atoms with Gasteiger partial charge < -0.3 is 51.1 Å². The summed E-state index contributed by atoms with van der Waals surface area (Å²) in [5, 5.41) is 49.3. The summed E-state index contributed by atoms with van der Waals surface area (Å²) in [6.45, 7) is 7.04. The van der Waals surface area contributed by atoms with Crippen molar-refractivity contribution in [1.82, 2.24) is 25.5 Å². The molecule has 3 fully saturated rings. The van der Waals surface area contributed by atoms with Crippen LogP contribution in [0.3, 0.4) is 0 Å². The first kappa shape index (κ1) is 38.6. The highest BCUT2D eigenvalue weighted by Crippen LogP contribution is 2.49. The lowest BCUT2D eigenvalue weighted by molar-refractivity contribution is -0.905. The third-order valence-corrected chi connectivity index (χ3v) is 13.2. The molecule has 3 saturated heterocycles. The van der Waals surface area contributed by atoms with Crippen molar-refractivity contribution < 1.29 is 53.7 Å². The molecule has 296 valence electrons. The Hall–Kier alpha value is -5.67. The van der Waals surface area contributed by atoms with Crippen molar-refractivity contribution in [2.45, 2.75) is 55.9 Å². The Labute approximate surface area is 325 Å². The molecule has 1 aromatic carbocycles. The molecular weight excluding hydrogens is 773 g/mol. The number of amides is 3. The van der Waals surface area contributed by atoms with E-state index in [4.69, 9.17) is 10.6 Å². The Bertz CT molecular complexity index is 2330. The summed E-state index contributed by atoms with van der Waals surface area (Å²) in [5.41, 5.74) is 3.20. The molecule has 2 bridgehead atoms. The van der Waals surface area contributed by atoms with E-state index in [1.54, 1.807) is 0 Å². The zero-order chi connectivity index (χ0) is 40.5. The molecule has 0 saturated carbocycles. The number of β-lactam (4-membered cyclic amide) rings is 1. The number of nitrogens with two attached hydrogens (primary N) is 1. The summed E-state index contributed by atoms with van der Waals surface area (Å²) in [6.07, 6.45) is 2.75. The second kappa shape index (κ2) is 13.8. The number of carboxylic acid groups (broad SMARTS) is 2. The molecule has 7 rings (SSSR count).